The fourth-order valence-electron chi connectivity index (χ4n) is 3.52. The number of hydrogen-bond acceptors (Lipinski definition) is 2. The third-order valence-corrected chi connectivity index (χ3v) is 4.75. The van der Waals surface area contributed by atoms with E-state index in [9.17, 15) is 0 Å². The number of rotatable bonds is 4. The SMILES string of the molecule is COc1ccc(C)cc1C(C)NC1CCC(C)CC1C. The Kier molecular flexibility index (Phi) is 5.09. The van der Waals surface area contributed by atoms with E-state index in [0.29, 0.717) is 12.1 Å². The molecule has 0 amide bonds. The molecule has 112 valence electrons. The second-order valence-electron chi connectivity index (χ2n) is 6.64. The van der Waals surface area contributed by atoms with Gasteiger partial charge in [0.05, 0.1) is 7.11 Å². The normalized spacial score (nSPS) is 28.1. The fraction of sp³-hybridized carbons (Fsp3) is 0.667. The maximum atomic E-state index is 5.51. The van der Waals surface area contributed by atoms with E-state index in [1.54, 1.807) is 7.11 Å². The molecule has 20 heavy (non-hydrogen) atoms. The molecular weight excluding hydrogens is 246 g/mol. The van der Waals surface area contributed by atoms with Crippen molar-refractivity contribution in [3.05, 3.63) is 29.3 Å². The molecule has 0 saturated heterocycles. The van der Waals surface area contributed by atoms with Gasteiger partial charge in [-0.2, -0.15) is 0 Å². The van der Waals surface area contributed by atoms with Gasteiger partial charge in [-0.25, -0.2) is 0 Å². The molecule has 0 radical (unpaired) electrons. The van der Waals surface area contributed by atoms with Gasteiger partial charge in [0.1, 0.15) is 5.75 Å². The molecule has 0 aromatic heterocycles. The zero-order valence-corrected chi connectivity index (χ0v) is 13.6. The Balaban J connectivity index is 2.08. The molecule has 0 aliphatic heterocycles. The third kappa shape index (κ3) is 3.54. The minimum atomic E-state index is 0.339. The maximum Gasteiger partial charge on any atom is 0.123 e. The summed E-state index contributed by atoms with van der Waals surface area (Å²) in [6, 6.07) is 7.40. The summed E-state index contributed by atoms with van der Waals surface area (Å²) in [5, 5.41) is 3.83. The van der Waals surface area contributed by atoms with Crippen LogP contribution in [0.4, 0.5) is 0 Å². The standard InChI is InChI=1S/C18H29NO/c1-12-6-8-17(14(3)10-12)19-15(4)16-11-13(2)7-9-18(16)20-5/h7,9,11-12,14-15,17,19H,6,8,10H2,1-5H3. The van der Waals surface area contributed by atoms with Gasteiger partial charge in [-0.3, -0.25) is 0 Å². The molecule has 4 atom stereocenters. The lowest BCUT2D eigenvalue weighted by atomic mass is 9.79. The van der Waals surface area contributed by atoms with Gasteiger partial charge in [0.25, 0.3) is 0 Å². The summed E-state index contributed by atoms with van der Waals surface area (Å²) in [4.78, 5) is 0. The van der Waals surface area contributed by atoms with E-state index < -0.39 is 0 Å². The van der Waals surface area contributed by atoms with Crippen LogP contribution in [0, 0.1) is 18.8 Å². The highest BCUT2D eigenvalue weighted by Gasteiger charge is 2.27. The Morgan fingerprint density at radius 1 is 1.25 bits per heavy atom. The zero-order chi connectivity index (χ0) is 14.7. The first-order valence-electron chi connectivity index (χ1n) is 7.91. The van der Waals surface area contributed by atoms with E-state index in [0.717, 1.165) is 17.6 Å². The van der Waals surface area contributed by atoms with Crippen molar-refractivity contribution in [2.45, 2.75) is 59.0 Å². The summed E-state index contributed by atoms with van der Waals surface area (Å²) in [6.07, 6.45) is 3.98. The quantitative estimate of drug-likeness (QED) is 0.875. The van der Waals surface area contributed by atoms with Gasteiger partial charge in [0.15, 0.2) is 0 Å². The molecule has 1 aromatic carbocycles. The summed E-state index contributed by atoms with van der Waals surface area (Å²) in [7, 11) is 1.76. The molecule has 1 saturated carbocycles. The van der Waals surface area contributed by atoms with Crippen LogP contribution in [-0.4, -0.2) is 13.2 Å². The smallest absolute Gasteiger partial charge is 0.123 e. The van der Waals surface area contributed by atoms with Crippen LogP contribution in [0.3, 0.4) is 0 Å². The highest BCUT2D eigenvalue weighted by atomic mass is 16.5. The molecule has 4 unspecified atom stereocenters. The number of hydrogen-bond donors (Lipinski definition) is 1. The topological polar surface area (TPSA) is 21.3 Å². The van der Waals surface area contributed by atoms with Crippen LogP contribution in [0.2, 0.25) is 0 Å². The Bertz CT molecular complexity index is 443. The first-order valence-corrected chi connectivity index (χ1v) is 7.91. The lowest BCUT2D eigenvalue weighted by molar-refractivity contribution is 0.215. The summed E-state index contributed by atoms with van der Waals surface area (Å²) in [6.45, 7) is 9.15. The predicted octanol–water partition coefficient (Wildman–Crippen LogP) is 4.48. The van der Waals surface area contributed by atoms with Crippen molar-refractivity contribution in [2.24, 2.45) is 11.8 Å². The van der Waals surface area contributed by atoms with Crippen LogP contribution in [-0.2, 0) is 0 Å². The number of methoxy groups -OCH3 is 1. The van der Waals surface area contributed by atoms with Gasteiger partial charge >= 0.3 is 0 Å². The highest BCUT2D eigenvalue weighted by Crippen LogP contribution is 2.32. The minimum absolute atomic E-state index is 0.339. The predicted molar refractivity (Wildman–Crippen MR) is 85.2 cm³/mol. The molecule has 1 aliphatic rings. The number of nitrogens with one attached hydrogen (secondary N) is 1. The van der Waals surface area contributed by atoms with Crippen molar-refractivity contribution in [1.29, 1.82) is 0 Å². The number of ether oxygens (including phenoxy) is 1. The van der Waals surface area contributed by atoms with E-state index in [2.05, 4.69) is 51.2 Å². The molecule has 0 bridgehead atoms. The Hall–Kier alpha value is -1.02. The summed E-state index contributed by atoms with van der Waals surface area (Å²) in [5.41, 5.74) is 2.57. The van der Waals surface area contributed by atoms with Crippen LogP contribution in [0.1, 0.15) is 57.2 Å². The van der Waals surface area contributed by atoms with Gasteiger partial charge in [-0.15, -0.1) is 0 Å². The lowest BCUT2D eigenvalue weighted by Gasteiger charge is -2.35. The number of benzene rings is 1. The van der Waals surface area contributed by atoms with Crippen LogP contribution >= 0.6 is 0 Å². The van der Waals surface area contributed by atoms with Gasteiger partial charge in [-0.1, -0.05) is 31.5 Å². The maximum absolute atomic E-state index is 5.51. The van der Waals surface area contributed by atoms with Crippen LogP contribution < -0.4 is 10.1 Å². The Morgan fingerprint density at radius 3 is 2.65 bits per heavy atom. The highest BCUT2D eigenvalue weighted by molar-refractivity contribution is 5.38. The molecule has 2 nitrogen and oxygen atoms in total. The molecular formula is C18H29NO. The van der Waals surface area contributed by atoms with Crippen LogP contribution in [0.15, 0.2) is 18.2 Å². The van der Waals surface area contributed by atoms with Gasteiger partial charge in [0.2, 0.25) is 0 Å². The second-order valence-corrected chi connectivity index (χ2v) is 6.64. The van der Waals surface area contributed by atoms with E-state index in [1.807, 2.05) is 0 Å². The first-order chi connectivity index (χ1) is 9.51. The van der Waals surface area contributed by atoms with Crippen molar-refractivity contribution in [3.8, 4) is 5.75 Å². The lowest BCUT2D eigenvalue weighted by Crippen LogP contribution is -2.40. The average Bonchev–Trinajstić information content (AvgIpc) is 2.41. The van der Waals surface area contributed by atoms with Crippen molar-refractivity contribution in [3.63, 3.8) is 0 Å². The molecule has 1 N–H and O–H groups in total. The molecule has 0 spiro atoms. The van der Waals surface area contributed by atoms with Gasteiger partial charge in [-0.05, 0) is 51.0 Å². The molecule has 0 heterocycles. The van der Waals surface area contributed by atoms with Crippen molar-refractivity contribution in [1.82, 2.24) is 5.32 Å². The average molecular weight is 275 g/mol. The van der Waals surface area contributed by atoms with Crippen molar-refractivity contribution < 1.29 is 4.74 Å². The Labute approximate surface area is 123 Å². The summed E-state index contributed by atoms with van der Waals surface area (Å²) in [5.74, 6) is 2.64. The summed E-state index contributed by atoms with van der Waals surface area (Å²) < 4.78 is 5.51. The van der Waals surface area contributed by atoms with Crippen molar-refractivity contribution in [2.75, 3.05) is 7.11 Å². The van der Waals surface area contributed by atoms with E-state index in [4.69, 9.17) is 4.74 Å². The van der Waals surface area contributed by atoms with E-state index >= 15 is 0 Å². The van der Waals surface area contributed by atoms with Crippen molar-refractivity contribution >= 4 is 0 Å². The molecule has 1 fully saturated rings. The Morgan fingerprint density at radius 2 is 2.00 bits per heavy atom. The minimum Gasteiger partial charge on any atom is -0.496 e. The molecule has 2 heteroatoms. The van der Waals surface area contributed by atoms with Crippen LogP contribution in [0.25, 0.3) is 0 Å². The zero-order valence-electron chi connectivity index (χ0n) is 13.6. The third-order valence-electron chi connectivity index (χ3n) is 4.75. The monoisotopic (exact) mass is 275 g/mol. The fourth-order valence-corrected chi connectivity index (χ4v) is 3.52. The molecule has 1 aliphatic carbocycles. The number of aryl methyl sites for hydroxylation is 1. The van der Waals surface area contributed by atoms with Gasteiger partial charge < -0.3 is 10.1 Å². The molecule has 2 rings (SSSR count). The second kappa shape index (κ2) is 6.62. The largest absolute Gasteiger partial charge is 0.496 e. The van der Waals surface area contributed by atoms with E-state index in [-0.39, 0.29) is 0 Å². The first kappa shape index (κ1) is 15.4. The van der Waals surface area contributed by atoms with Gasteiger partial charge in [0, 0.05) is 17.6 Å². The van der Waals surface area contributed by atoms with E-state index in [1.165, 1.54) is 30.4 Å². The van der Waals surface area contributed by atoms with Crippen LogP contribution in [0.5, 0.6) is 5.75 Å². The molecule has 1 aromatic rings. The summed E-state index contributed by atoms with van der Waals surface area (Å²) >= 11 is 0.